The van der Waals surface area contributed by atoms with Crippen molar-refractivity contribution in [2.45, 2.75) is 17.3 Å². The first-order valence-electron chi connectivity index (χ1n) is 6.04. The Balaban J connectivity index is 2.06. The average molecular weight is 311 g/mol. The zero-order chi connectivity index (χ0) is 14.5. The largest absolute Gasteiger partial charge is 0.497 e. The van der Waals surface area contributed by atoms with E-state index in [0.717, 1.165) is 33.0 Å². The lowest BCUT2D eigenvalue weighted by atomic mass is 10.1. The van der Waals surface area contributed by atoms with Gasteiger partial charge in [0, 0.05) is 23.4 Å². The van der Waals surface area contributed by atoms with E-state index < -0.39 is 0 Å². The molecule has 0 spiro atoms. The molecule has 0 aliphatic carbocycles. The lowest BCUT2D eigenvalue weighted by Gasteiger charge is -2.15. The summed E-state index contributed by atoms with van der Waals surface area (Å²) in [5.74, 6) is 3.02. The first-order valence-corrected chi connectivity index (χ1v) is 7.80. The summed E-state index contributed by atoms with van der Waals surface area (Å²) in [6.07, 6.45) is 0. The minimum atomic E-state index is -0.134. The topological polar surface area (TPSA) is 70.3 Å². The smallest absolute Gasteiger partial charge is 0.170 e. The fraction of sp³-hybridized carbons (Fsp3) is 0.385. The standard InChI is InChI=1S/C13H17N3O2S2/c1-8-15-13(20-16-8)19-7-11(14)10-5-4-9(17-2)6-12(10)18-3/h4-6,11H,7,14H2,1-3H3. The minimum Gasteiger partial charge on any atom is -0.497 e. The van der Waals surface area contributed by atoms with Crippen molar-refractivity contribution in [1.29, 1.82) is 0 Å². The maximum Gasteiger partial charge on any atom is 0.170 e. The molecular formula is C13H17N3O2S2. The maximum atomic E-state index is 6.23. The van der Waals surface area contributed by atoms with Crippen molar-refractivity contribution >= 4 is 23.3 Å². The molecule has 20 heavy (non-hydrogen) atoms. The van der Waals surface area contributed by atoms with E-state index in [1.54, 1.807) is 26.0 Å². The Bertz CT molecular complexity index is 574. The van der Waals surface area contributed by atoms with Crippen LogP contribution < -0.4 is 15.2 Å². The van der Waals surface area contributed by atoms with E-state index in [4.69, 9.17) is 15.2 Å². The summed E-state index contributed by atoms with van der Waals surface area (Å²) in [5, 5.41) is 0. The van der Waals surface area contributed by atoms with Crippen molar-refractivity contribution in [3.8, 4) is 11.5 Å². The Morgan fingerprint density at radius 2 is 2.15 bits per heavy atom. The Morgan fingerprint density at radius 1 is 1.35 bits per heavy atom. The van der Waals surface area contributed by atoms with Crippen molar-refractivity contribution < 1.29 is 9.47 Å². The summed E-state index contributed by atoms with van der Waals surface area (Å²) in [7, 11) is 3.26. The molecule has 0 saturated heterocycles. The molecule has 0 saturated carbocycles. The third-order valence-corrected chi connectivity index (χ3v) is 4.78. The van der Waals surface area contributed by atoms with Crippen molar-refractivity contribution in [1.82, 2.24) is 9.36 Å². The van der Waals surface area contributed by atoms with Crippen LogP contribution in [-0.2, 0) is 0 Å². The van der Waals surface area contributed by atoms with Gasteiger partial charge in [-0.3, -0.25) is 0 Å². The van der Waals surface area contributed by atoms with Gasteiger partial charge in [0.1, 0.15) is 17.3 Å². The highest BCUT2D eigenvalue weighted by molar-refractivity contribution is 8.00. The molecule has 1 atom stereocenters. The predicted molar refractivity (Wildman–Crippen MR) is 81.8 cm³/mol. The highest BCUT2D eigenvalue weighted by Crippen LogP contribution is 2.31. The predicted octanol–water partition coefficient (Wildman–Crippen LogP) is 2.66. The Hall–Kier alpha value is -1.31. The van der Waals surface area contributed by atoms with Crippen molar-refractivity contribution in [3.05, 3.63) is 29.6 Å². The first kappa shape index (κ1) is 15.1. The number of nitrogens with two attached hydrogens (primary N) is 1. The molecule has 1 aromatic heterocycles. The van der Waals surface area contributed by atoms with Crippen molar-refractivity contribution in [2.75, 3.05) is 20.0 Å². The van der Waals surface area contributed by atoms with Crippen LogP contribution in [0.3, 0.4) is 0 Å². The van der Waals surface area contributed by atoms with Crippen LogP contribution in [0.4, 0.5) is 0 Å². The highest BCUT2D eigenvalue weighted by Gasteiger charge is 2.14. The number of thioether (sulfide) groups is 1. The second-order valence-corrected chi connectivity index (χ2v) is 6.15. The van der Waals surface area contributed by atoms with Gasteiger partial charge in [-0.1, -0.05) is 17.8 Å². The SMILES string of the molecule is COc1ccc(C(N)CSc2nc(C)ns2)c(OC)c1. The molecule has 0 bridgehead atoms. The number of ether oxygens (including phenoxy) is 2. The van der Waals surface area contributed by atoms with E-state index in [9.17, 15) is 0 Å². The van der Waals surface area contributed by atoms with Crippen molar-refractivity contribution in [3.63, 3.8) is 0 Å². The van der Waals surface area contributed by atoms with Crippen LogP contribution in [-0.4, -0.2) is 29.3 Å². The third kappa shape index (κ3) is 3.62. The highest BCUT2D eigenvalue weighted by atomic mass is 32.2. The lowest BCUT2D eigenvalue weighted by molar-refractivity contribution is 0.389. The molecule has 2 aromatic rings. The molecule has 0 radical (unpaired) electrons. The molecule has 7 heteroatoms. The van der Waals surface area contributed by atoms with E-state index in [0.29, 0.717) is 0 Å². The van der Waals surface area contributed by atoms with Crippen LogP contribution in [0.2, 0.25) is 0 Å². The second-order valence-electron chi connectivity index (χ2n) is 4.13. The van der Waals surface area contributed by atoms with Crippen LogP contribution in [0, 0.1) is 6.92 Å². The number of hydrogen-bond acceptors (Lipinski definition) is 7. The van der Waals surface area contributed by atoms with E-state index in [1.807, 2.05) is 25.1 Å². The Kier molecular flexibility index (Phi) is 5.22. The zero-order valence-corrected chi connectivity index (χ0v) is 13.3. The minimum absolute atomic E-state index is 0.134. The van der Waals surface area contributed by atoms with E-state index in [-0.39, 0.29) is 6.04 Å². The van der Waals surface area contributed by atoms with Gasteiger partial charge < -0.3 is 15.2 Å². The number of benzene rings is 1. The van der Waals surface area contributed by atoms with Gasteiger partial charge in [0.2, 0.25) is 0 Å². The number of rotatable bonds is 6. The van der Waals surface area contributed by atoms with Crippen LogP contribution in [0.5, 0.6) is 11.5 Å². The Morgan fingerprint density at radius 3 is 2.75 bits per heavy atom. The number of aryl methyl sites for hydroxylation is 1. The normalized spacial score (nSPS) is 12.2. The summed E-state index contributed by atoms with van der Waals surface area (Å²) in [6.45, 7) is 1.88. The van der Waals surface area contributed by atoms with Gasteiger partial charge in [-0.15, -0.1) is 0 Å². The van der Waals surface area contributed by atoms with E-state index in [1.165, 1.54) is 11.5 Å². The maximum absolute atomic E-state index is 6.23. The summed E-state index contributed by atoms with van der Waals surface area (Å²) in [4.78, 5) is 4.31. The zero-order valence-electron chi connectivity index (χ0n) is 11.6. The van der Waals surface area contributed by atoms with Crippen LogP contribution >= 0.6 is 23.3 Å². The summed E-state index contributed by atoms with van der Waals surface area (Å²) >= 11 is 3.00. The lowest BCUT2D eigenvalue weighted by Crippen LogP contribution is -2.14. The third-order valence-electron chi connectivity index (χ3n) is 2.74. The number of aromatic nitrogens is 2. The molecule has 2 N–H and O–H groups in total. The van der Waals surface area contributed by atoms with Crippen LogP contribution in [0.25, 0.3) is 0 Å². The Labute approximate surface area is 126 Å². The number of methoxy groups -OCH3 is 2. The molecule has 1 unspecified atom stereocenters. The van der Waals surface area contributed by atoms with Gasteiger partial charge in [-0.2, -0.15) is 4.37 Å². The molecule has 0 aliphatic heterocycles. The molecule has 2 rings (SSSR count). The van der Waals surface area contributed by atoms with Gasteiger partial charge in [0.25, 0.3) is 0 Å². The molecule has 0 fully saturated rings. The molecular weight excluding hydrogens is 294 g/mol. The van der Waals surface area contributed by atoms with E-state index in [2.05, 4.69) is 9.36 Å². The fourth-order valence-corrected chi connectivity index (χ4v) is 3.36. The first-order chi connectivity index (χ1) is 9.63. The molecule has 1 aromatic carbocycles. The molecule has 0 amide bonds. The summed E-state index contributed by atoms with van der Waals surface area (Å²) < 4.78 is 15.6. The molecule has 5 nitrogen and oxygen atoms in total. The van der Waals surface area contributed by atoms with Crippen molar-refractivity contribution in [2.24, 2.45) is 5.73 Å². The quantitative estimate of drug-likeness (QED) is 0.827. The van der Waals surface area contributed by atoms with Gasteiger partial charge in [0.15, 0.2) is 4.34 Å². The second kappa shape index (κ2) is 6.92. The number of nitrogens with zero attached hydrogens (tertiary/aromatic N) is 2. The van der Waals surface area contributed by atoms with Gasteiger partial charge >= 0.3 is 0 Å². The summed E-state index contributed by atoms with van der Waals surface area (Å²) in [5.41, 5.74) is 7.19. The van der Waals surface area contributed by atoms with Crippen LogP contribution in [0.15, 0.2) is 22.5 Å². The monoisotopic (exact) mass is 311 g/mol. The number of hydrogen-bond donors (Lipinski definition) is 1. The van der Waals surface area contributed by atoms with Crippen LogP contribution in [0.1, 0.15) is 17.4 Å². The fourth-order valence-electron chi connectivity index (χ4n) is 1.71. The average Bonchev–Trinajstić information content (AvgIpc) is 2.89. The molecule has 1 heterocycles. The van der Waals surface area contributed by atoms with E-state index >= 15 is 0 Å². The summed E-state index contributed by atoms with van der Waals surface area (Å²) in [6, 6.07) is 5.53. The molecule has 0 aliphatic rings. The van der Waals surface area contributed by atoms with Gasteiger partial charge in [0.05, 0.1) is 14.2 Å². The molecule has 108 valence electrons. The van der Waals surface area contributed by atoms with Gasteiger partial charge in [-0.25, -0.2) is 4.98 Å². The van der Waals surface area contributed by atoms with Gasteiger partial charge in [-0.05, 0) is 24.5 Å².